The lowest BCUT2D eigenvalue weighted by molar-refractivity contribution is 0.326. The quantitative estimate of drug-likeness (QED) is 0.869. The molecular formula is C14H21N3O. The fourth-order valence-corrected chi connectivity index (χ4v) is 3.50. The monoisotopic (exact) mass is 247 g/mol. The summed E-state index contributed by atoms with van der Waals surface area (Å²) in [5.41, 5.74) is 0. The molecule has 0 saturated heterocycles. The maximum atomic E-state index is 5.38. The minimum atomic E-state index is 0.642. The lowest BCUT2D eigenvalue weighted by Crippen LogP contribution is -2.21. The van der Waals surface area contributed by atoms with Crippen LogP contribution in [0.4, 0.5) is 5.95 Å². The molecule has 4 nitrogen and oxygen atoms in total. The number of hydrogen-bond donors (Lipinski definition) is 1. The number of rotatable bonds is 5. The first-order valence-corrected chi connectivity index (χ1v) is 7.05. The number of nitrogens with one attached hydrogen (secondary N) is 1. The van der Waals surface area contributed by atoms with Crippen LogP contribution < -0.4 is 10.1 Å². The predicted octanol–water partition coefficient (Wildman–Crippen LogP) is 2.72. The molecule has 1 aromatic rings. The van der Waals surface area contributed by atoms with Crippen LogP contribution in [0.5, 0.6) is 5.88 Å². The van der Waals surface area contributed by atoms with E-state index in [1.807, 2.05) is 6.92 Å². The Kier molecular flexibility index (Phi) is 3.35. The Balaban J connectivity index is 1.55. The summed E-state index contributed by atoms with van der Waals surface area (Å²) in [6.45, 7) is 3.62. The number of anilines is 1. The standard InChI is InChI=1S/C14H21N3O/c1-2-18-13-5-6-15-14(17-13)16-9-12-8-10-3-4-11(12)7-10/h5-6,10-12H,2-4,7-9H2,1H3,(H,15,16,17). The molecule has 1 heterocycles. The Morgan fingerprint density at radius 3 is 3.06 bits per heavy atom. The van der Waals surface area contributed by atoms with Crippen LogP contribution in [0, 0.1) is 17.8 Å². The van der Waals surface area contributed by atoms with E-state index in [-0.39, 0.29) is 0 Å². The van der Waals surface area contributed by atoms with Gasteiger partial charge in [-0.1, -0.05) is 6.42 Å². The van der Waals surface area contributed by atoms with Crippen molar-refractivity contribution in [3.8, 4) is 5.88 Å². The van der Waals surface area contributed by atoms with E-state index in [1.54, 1.807) is 12.3 Å². The molecule has 18 heavy (non-hydrogen) atoms. The molecule has 98 valence electrons. The van der Waals surface area contributed by atoms with E-state index >= 15 is 0 Å². The molecule has 0 spiro atoms. The molecule has 1 N–H and O–H groups in total. The number of fused-ring (bicyclic) bond motifs is 2. The van der Waals surface area contributed by atoms with Gasteiger partial charge < -0.3 is 10.1 Å². The van der Waals surface area contributed by atoms with Crippen LogP contribution in [-0.2, 0) is 0 Å². The fraction of sp³-hybridized carbons (Fsp3) is 0.714. The summed E-state index contributed by atoms with van der Waals surface area (Å²) in [4.78, 5) is 8.58. The summed E-state index contributed by atoms with van der Waals surface area (Å²) in [5, 5.41) is 3.37. The van der Waals surface area contributed by atoms with Gasteiger partial charge in [0.15, 0.2) is 0 Å². The van der Waals surface area contributed by atoms with Crippen molar-refractivity contribution in [1.82, 2.24) is 9.97 Å². The van der Waals surface area contributed by atoms with Crippen molar-refractivity contribution in [2.75, 3.05) is 18.5 Å². The second-order valence-corrected chi connectivity index (χ2v) is 5.47. The molecule has 3 rings (SSSR count). The molecule has 2 aliphatic rings. The molecule has 0 aromatic carbocycles. The van der Waals surface area contributed by atoms with Gasteiger partial charge in [-0.3, -0.25) is 0 Å². The van der Waals surface area contributed by atoms with Crippen LogP contribution in [0.15, 0.2) is 12.3 Å². The van der Waals surface area contributed by atoms with Crippen LogP contribution in [0.3, 0.4) is 0 Å². The highest BCUT2D eigenvalue weighted by Crippen LogP contribution is 2.48. The highest BCUT2D eigenvalue weighted by atomic mass is 16.5. The summed E-state index contributed by atoms with van der Waals surface area (Å²) in [7, 11) is 0. The summed E-state index contributed by atoms with van der Waals surface area (Å²) in [6.07, 6.45) is 7.48. The zero-order valence-corrected chi connectivity index (χ0v) is 10.9. The molecule has 2 aliphatic carbocycles. The SMILES string of the molecule is CCOc1ccnc(NCC2CC3CCC2C3)n1. The maximum absolute atomic E-state index is 5.38. The Morgan fingerprint density at radius 1 is 1.39 bits per heavy atom. The summed E-state index contributed by atoms with van der Waals surface area (Å²) >= 11 is 0. The van der Waals surface area contributed by atoms with Crippen LogP contribution in [0.2, 0.25) is 0 Å². The van der Waals surface area contributed by atoms with E-state index in [9.17, 15) is 0 Å². The van der Waals surface area contributed by atoms with Gasteiger partial charge in [0.25, 0.3) is 0 Å². The second-order valence-electron chi connectivity index (χ2n) is 5.47. The minimum Gasteiger partial charge on any atom is -0.478 e. The molecule has 1 aromatic heterocycles. The van der Waals surface area contributed by atoms with E-state index in [0.717, 1.165) is 24.3 Å². The molecule has 3 unspecified atom stereocenters. The van der Waals surface area contributed by atoms with Gasteiger partial charge in [-0.2, -0.15) is 4.98 Å². The maximum Gasteiger partial charge on any atom is 0.225 e. The third-order valence-corrected chi connectivity index (χ3v) is 4.33. The third kappa shape index (κ3) is 2.42. The van der Waals surface area contributed by atoms with Gasteiger partial charge >= 0.3 is 0 Å². The van der Waals surface area contributed by atoms with Crippen molar-refractivity contribution in [3.05, 3.63) is 12.3 Å². The second kappa shape index (κ2) is 5.12. The lowest BCUT2D eigenvalue weighted by atomic mass is 9.89. The van der Waals surface area contributed by atoms with Gasteiger partial charge in [0.1, 0.15) is 0 Å². The first-order valence-electron chi connectivity index (χ1n) is 7.05. The number of ether oxygens (including phenoxy) is 1. The van der Waals surface area contributed by atoms with Gasteiger partial charge in [0.2, 0.25) is 11.8 Å². The summed E-state index contributed by atoms with van der Waals surface area (Å²) < 4.78 is 5.38. The van der Waals surface area contributed by atoms with E-state index in [2.05, 4.69) is 15.3 Å². The highest BCUT2D eigenvalue weighted by molar-refractivity contribution is 5.27. The van der Waals surface area contributed by atoms with E-state index < -0.39 is 0 Å². The van der Waals surface area contributed by atoms with Crippen molar-refractivity contribution in [2.24, 2.45) is 17.8 Å². The molecule has 0 amide bonds. The Morgan fingerprint density at radius 2 is 2.33 bits per heavy atom. The Hall–Kier alpha value is -1.32. The average molecular weight is 247 g/mol. The third-order valence-electron chi connectivity index (χ3n) is 4.33. The normalized spacial score (nSPS) is 29.5. The lowest BCUT2D eigenvalue weighted by Gasteiger charge is -2.21. The van der Waals surface area contributed by atoms with E-state index in [4.69, 9.17) is 4.74 Å². The Bertz CT molecular complexity index is 410. The highest BCUT2D eigenvalue weighted by Gasteiger charge is 2.39. The van der Waals surface area contributed by atoms with Gasteiger partial charge in [-0.15, -0.1) is 0 Å². The average Bonchev–Trinajstić information content (AvgIpc) is 2.99. The van der Waals surface area contributed by atoms with Gasteiger partial charge in [0.05, 0.1) is 6.61 Å². The molecular weight excluding hydrogens is 226 g/mol. The first-order chi connectivity index (χ1) is 8.85. The van der Waals surface area contributed by atoms with Crippen molar-refractivity contribution >= 4 is 5.95 Å². The molecule has 0 radical (unpaired) electrons. The molecule has 0 aliphatic heterocycles. The fourth-order valence-electron chi connectivity index (χ4n) is 3.50. The molecule has 4 heteroatoms. The minimum absolute atomic E-state index is 0.642. The zero-order chi connectivity index (χ0) is 12.4. The van der Waals surface area contributed by atoms with Crippen LogP contribution in [-0.4, -0.2) is 23.1 Å². The van der Waals surface area contributed by atoms with Crippen LogP contribution in [0.25, 0.3) is 0 Å². The summed E-state index contributed by atoms with van der Waals surface area (Å²) in [5.74, 6) is 4.12. The van der Waals surface area contributed by atoms with Crippen molar-refractivity contribution < 1.29 is 4.74 Å². The van der Waals surface area contributed by atoms with Gasteiger partial charge in [-0.25, -0.2) is 4.98 Å². The van der Waals surface area contributed by atoms with E-state index in [0.29, 0.717) is 18.4 Å². The van der Waals surface area contributed by atoms with E-state index in [1.165, 1.54) is 25.7 Å². The first kappa shape index (κ1) is 11.8. The molecule has 2 bridgehead atoms. The summed E-state index contributed by atoms with van der Waals surface area (Å²) in [6, 6.07) is 1.80. The van der Waals surface area contributed by atoms with Crippen molar-refractivity contribution in [1.29, 1.82) is 0 Å². The molecule has 2 saturated carbocycles. The van der Waals surface area contributed by atoms with Gasteiger partial charge in [0, 0.05) is 18.8 Å². The number of hydrogen-bond acceptors (Lipinski definition) is 4. The Labute approximate surface area is 108 Å². The molecule has 3 atom stereocenters. The zero-order valence-electron chi connectivity index (χ0n) is 10.9. The topological polar surface area (TPSA) is 47.0 Å². The van der Waals surface area contributed by atoms with Crippen molar-refractivity contribution in [3.63, 3.8) is 0 Å². The van der Waals surface area contributed by atoms with Crippen LogP contribution in [0.1, 0.15) is 32.6 Å². The number of nitrogens with zero attached hydrogens (tertiary/aromatic N) is 2. The van der Waals surface area contributed by atoms with Crippen LogP contribution >= 0.6 is 0 Å². The smallest absolute Gasteiger partial charge is 0.225 e. The largest absolute Gasteiger partial charge is 0.478 e. The number of aromatic nitrogens is 2. The van der Waals surface area contributed by atoms with Crippen molar-refractivity contribution in [2.45, 2.75) is 32.6 Å². The molecule has 2 fully saturated rings. The van der Waals surface area contributed by atoms with Gasteiger partial charge in [-0.05, 0) is 43.9 Å². The predicted molar refractivity (Wildman–Crippen MR) is 70.6 cm³/mol.